The molecule has 0 bridgehead atoms. The predicted octanol–water partition coefficient (Wildman–Crippen LogP) is 1.89. The van der Waals surface area contributed by atoms with Gasteiger partial charge in [0.25, 0.3) is 0 Å². The van der Waals surface area contributed by atoms with Gasteiger partial charge < -0.3 is 5.32 Å². The van der Waals surface area contributed by atoms with Crippen molar-refractivity contribution >= 4 is 0 Å². The Kier molecular flexibility index (Phi) is 3.36. The van der Waals surface area contributed by atoms with Crippen LogP contribution in [0.25, 0.3) is 0 Å². The fourth-order valence-corrected chi connectivity index (χ4v) is 2.26. The van der Waals surface area contributed by atoms with Crippen LogP contribution in [-0.2, 0) is 6.54 Å². The molecule has 0 amide bonds. The molecule has 0 saturated heterocycles. The summed E-state index contributed by atoms with van der Waals surface area (Å²) in [6.45, 7) is 5.49. The van der Waals surface area contributed by atoms with Crippen molar-refractivity contribution in [1.29, 1.82) is 0 Å². The van der Waals surface area contributed by atoms with Gasteiger partial charge in [-0.25, -0.2) is 9.67 Å². The summed E-state index contributed by atoms with van der Waals surface area (Å²) < 4.78 is 2.03. The van der Waals surface area contributed by atoms with Gasteiger partial charge in [-0.15, -0.1) is 0 Å². The number of hydrogen-bond donors (Lipinski definition) is 1. The third-order valence-corrected chi connectivity index (χ3v) is 3.24. The second kappa shape index (κ2) is 4.75. The Morgan fingerprint density at radius 2 is 2.33 bits per heavy atom. The summed E-state index contributed by atoms with van der Waals surface area (Å²) in [5.74, 6) is 1.12. The van der Waals surface area contributed by atoms with E-state index in [1.807, 2.05) is 4.68 Å². The van der Waals surface area contributed by atoms with Crippen LogP contribution in [0.4, 0.5) is 0 Å². The summed E-state index contributed by atoms with van der Waals surface area (Å²) in [7, 11) is 0. The van der Waals surface area contributed by atoms with Crippen LogP contribution in [0, 0.1) is 0 Å². The molecule has 1 aliphatic heterocycles. The molecule has 4 heteroatoms. The molecule has 0 aliphatic carbocycles. The van der Waals surface area contributed by atoms with Crippen molar-refractivity contribution in [3.63, 3.8) is 0 Å². The lowest BCUT2D eigenvalue weighted by molar-refractivity contribution is 0.326. The van der Waals surface area contributed by atoms with Crippen molar-refractivity contribution < 1.29 is 0 Å². The van der Waals surface area contributed by atoms with Gasteiger partial charge in [0.2, 0.25) is 0 Å². The Bertz CT molecular complexity index is 303. The van der Waals surface area contributed by atoms with Crippen LogP contribution < -0.4 is 5.32 Å². The van der Waals surface area contributed by atoms with Crippen LogP contribution in [0.2, 0.25) is 0 Å². The molecule has 2 rings (SSSR count). The van der Waals surface area contributed by atoms with Gasteiger partial charge in [-0.3, -0.25) is 0 Å². The molecular formula is C11H20N4. The first-order valence-corrected chi connectivity index (χ1v) is 5.98. The highest BCUT2D eigenvalue weighted by molar-refractivity contribution is 4.98. The van der Waals surface area contributed by atoms with E-state index in [-0.39, 0.29) is 0 Å². The van der Waals surface area contributed by atoms with E-state index in [1.165, 1.54) is 25.7 Å². The highest BCUT2D eigenvalue weighted by Gasteiger charge is 2.23. The van der Waals surface area contributed by atoms with E-state index in [0.29, 0.717) is 12.1 Å². The number of rotatable bonds is 4. The lowest BCUT2D eigenvalue weighted by Gasteiger charge is -2.27. The molecule has 1 atom stereocenters. The molecule has 1 N–H and O–H groups in total. The molecular weight excluding hydrogens is 188 g/mol. The summed E-state index contributed by atoms with van der Waals surface area (Å²) in [5.41, 5.74) is 0. The van der Waals surface area contributed by atoms with E-state index >= 15 is 0 Å². The Balaban J connectivity index is 2.06. The molecule has 2 heterocycles. The molecule has 0 spiro atoms. The van der Waals surface area contributed by atoms with E-state index in [1.54, 1.807) is 6.33 Å². The molecule has 4 nitrogen and oxygen atoms in total. The van der Waals surface area contributed by atoms with Crippen molar-refractivity contribution in [2.45, 2.75) is 58.2 Å². The molecule has 0 aromatic carbocycles. The van der Waals surface area contributed by atoms with Gasteiger partial charge in [0.05, 0.1) is 6.04 Å². The first kappa shape index (κ1) is 10.6. The van der Waals surface area contributed by atoms with Gasteiger partial charge in [-0.05, 0) is 25.7 Å². The molecule has 0 fully saturated rings. The standard InChI is InChI=1S/C11H20N4/c1-3-9(4-2)14-10-6-5-7-15-11(10)12-8-13-15/h8-10,14H,3-7H2,1-2H3. The molecule has 84 valence electrons. The smallest absolute Gasteiger partial charge is 0.143 e. The van der Waals surface area contributed by atoms with Crippen LogP contribution in [0.1, 0.15) is 51.4 Å². The van der Waals surface area contributed by atoms with Crippen molar-refractivity contribution in [2.75, 3.05) is 0 Å². The predicted molar refractivity (Wildman–Crippen MR) is 59.5 cm³/mol. The minimum Gasteiger partial charge on any atom is -0.305 e. The lowest BCUT2D eigenvalue weighted by Crippen LogP contribution is -2.35. The number of fused-ring (bicyclic) bond motifs is 1. The van der Waals surface area contributed by atoms with Gasteiger partial charge >= 0.3 is 0 Å². The fraction of sp³-hybridized carbons (Fsp3) is 0.818. The monoisotopic (exact) mass is 208 g/mol. The van der Waals surface area contributed by atoms with Crippen molar-refractivity contribution in [2.24, 2.45) is 0 Å². The summed E-state index contributed by atoms with van der Waals surface area (Å²) in [6.07, 6.45) is 6.42. The largest absolute Gasteiger partial charge is 0.305 e. The van der Waals surface area contributed by atoms with Gasteiger partial charge in [0, 0.05) is 12.6 Å². The normalized spacial score (nSPS) is 20.6. The first-order valence-electron chi connectivity index (χ1n) is 5.98. The first-order chi connectivity index (χ1) is 7.35. The average Bonchev–Trinajstić information content (AvgIpc) is 2.74. The van der Waals surface area contributed by atoms with Crippen LogP contribution in [0.5, 0.6) is 0 Å². The maximum absolute atomic E-state index is 4.35. The van der Waals surface area contributed by atoms with E-state index in [4.69, 9.17) is 0 Å². The summed E-state index contributed by atoms with van der Waals surface area (Å²) in [5, 5.41) is 7.91. The molecule has 1 aliphatic rings. The van der Waals surface area contributed by atoms with E-state index in [0.717, 1.165) is 12.4 Å². The van der Waals surface area contributed by atoms with Crippen molar-refractivity contribution in [3.05, 3.63) is 12.2 Å². The van der Waals surface area contributed by atoms with Gasteiger partial charge in [0.1, 0.15) is 12.2 Å². The zero-order valence-electron chi connectivity index (χ0n) is 9.61. The highest BCUT2D eigenvalue weighted by Crippen LogP contribution is 2.23. The topological polar surface area (TPSA) is 42.7 Å². The Morgan fingerprint density at radius 1 is 1.53 bits per heavy atom. The van der Waals surface area contributed by atoms with Gasteiger partial charge in [0.15, 0.2) is 0 Å². The summed E-state index contributed by atoms with van der Waals surface area (Å²) in [4.78, 5) is 4.35. The average molecular weight is 208 g/mol. The van der Waals surface area contributed by atoms with Crippen LogP contribution in [0.15, 0.2) is 6.33 Å². The number of nitrogens with zero attached hydrogens (tertiary/aromatic N) is 3. The SMILES string of the molecule is CCC(CC)NC1CCCn2ncnc21. The quantitative estimate of drug-likeness (QED) is 0.821. The lowest BCUT2D eigenvalue weighted by atomic mass is 10.0. The van der Waals surface area contributed by atoms with Gasteiger partial charge in [-0.2, -0.15) is 5.10 Å². The Hall–Kier alpha value is -0.900. The number of nitrogens with one attached hydrogen (secondary N) is 1. The minimum absolute atomic E-state index is 0.408. The van der Waals surface area contributed by atoms with Crippen molar-refractivity contribution in [3.8, 4) is 0 Å². The van der Waals surface area contributed by atoms with Crippen LogP contribution >= 0.6 is 0 Å². The zero-order chi connectivity index (χ0) is 10.7. The Labute approximate surface area is 91.1 Å². The highest BCUT2D eigenvalue weighted by atomic mass is 15.3. The number of aryl methyl sites for hydroxylation is 1. The molecule has 1 aromatic rings. The molecule has 0 radical (unpaired) electrons. The summed E-state index contributed by atoms with van der Waals surface area (Å²) >= 11 is 0. The zero-order valence-corrected chi connectivity index (χ0v) is 9.61. The second-order valence-electron chi connectivity index (χ2n) is 4.22. The Morgan fingerprint density at radius 3 is 3.07 bits per heavy atom. The number of aromatic nitrogens is 3. The second-order valence-corrected chi connectivity index (χ2v) is 4.22. The van der Waals surface area contributed by atoms with Gasteiger partial charge in [-0.1, -0.05) is 13.8 Å². The molecule has 0 saturated carbocycles. The van der Waals surface area contributed by atoms with Crippen molar-refractivity contribution in [1.82, 2.24) is 20.1 Å². The van der Waals surface area contributed by atoms with E-state index in [2.05, 4.69) is 29.2 Å². The third-order valence-electron chi connectivity index (χ3n) is 3.24. The minimum atomic E-state index is 0.408. The molecule has 1 unspecified atom stereocenters. The van der Waals surface area contributed by atoms with Crippen LogP contribution in [0.3, 0.4) is 0 Å². The maximum atomic E-state index is 4.35. The summed E-state index contributed by atoms with van der Waals surface area (Å²) in [6, 6.07) is 1.02. The maximum Gasteiger partial charge on any atom is 0.143 e. The van der Waals surface area contributed by atoms with Crippen LogP contribution in [-0.4, -0.2) is 20.8 Å². The number of hydrogen-bond acceptors (Lipinski definition) is 3. The fourth-order valence-electron chi connectivity index (χ4n) is 2.26. The molecule has 15 heavy (non-hydrogen) atoms. The molecule has 1 aromatic heterocycles. The van der Waals surface area contributed by atoms with E-state index in [9.17, 15) is 0 Å². The third kappa shape index (κ3) is 2.20. The van der Waals surface area contributed by atoms with E-state index < -0.39 is 0 Å².